The minimum atomic E-state index is -3.57. The Bertz CT molecular complexity index is 1230. The average Bonchev–Trinajstić information content (AvgIpc) is 3.29. The van der Waals surface area contributed by atoms with Crippen LogP contribution >= 0.6 is 0 Å². The molecule has 1 atom stereocenters. The first-order chi connectivity index (χ1) is 14.7. The van der Waals surface area contributed by atoms with Gasteiger partial charge in [0.1, 0.15) is 0 Å². The lowest BCUT2D eigenvalue weighted by Crippen LogP contribution is -2.26. The maximum Gasteiger partial charge on any atom is 0.178 e. The molecule has 1 fully saturated rings. The highest BCUT2D eigenvalue weighted by atomic mass is 32.2. The fraction of sp³-hybridized carbons (Fsp3) is 0.364. The molecule has 1 saturated heterocycles. The monoisotopic (exact) mass is 386 g/mol. The first kappa shape index (κ1) is 14.0. The highest BCUT2D eigenvalue weighted by molar-refractivity contribution is 7.91. The highest BCUT2D eigenvalue weighted by Crippen LogP contribution is 2.26. The normalized spacial score (nSPS) is 20.4. The molecule has 0 spiro atoms. The Balaban J connectivity index is 1.73. The van der Waals surface area contributed by atoms with Gasteiger partial charge in [-0.3, -0.25) is 0 Å². The fourth-order valence-corrected chi connectivity index (χ4v) is 5.01. The molecule has 142 valence electrons. The quantitative estimate of drug-likeness (QED) is 0.701. The number of rotatable bonds is 6. The van der Waals surface area contributed by atoms with Gasteiger partial charge >= 0.3 is 0 Å². The van der Waals surface area contributed by atoms with Gasteiger partial charge in [-0.2, -0.15) is 0 Å². The van der Waals surface area contributed by atoms with E-state index in [1.54, 1.807) is 24.4 Å². The Morgan fingerprint density at radius 3 is 2.85 bits per heavy atom. The smallest absolute Gasteiger partial charge is 0.178 e. The van der Waals surface area contributed by atoms with E-state index in [0.717, 1.165) is 29.9 Å². The van der Waals surface area contributed by atoms with Crippen LogP contribution in [0.2, 0.25) is 1.41 Å². The van der Waals surface area contributed by atoms with E-state index in [9.17, 15) is 8.42 Å². The van der Waals surface area contributed by atoms with E-state index in [1.807, 2.05) is 0 Å². The molecule has 27 heavy (non-hydrogen) atoms. The van der Waals surface area contributed by atoms with E-state index in [0.29, 0.717) is 17.8 Å². The van der Waals surface area contributed by atoms with Crippen molar-refractivity contribution in [1.82, 2.24) is 9.88 Å². The van der Waals surface area contributed by atoms with Gasteiger partial charge in [-0.05, 0) is 74.6 Å². The molecule has 4 nitrogen and oxygen atoms in total. The van der Waals surface area contributed by atoms with Crippen LogP contribution < -0.4 is 0 Å². The number of nitrogens with one attached hydrogen (secondary N) is 1. The van der Waals surface area contributed by atoms with Crippen LogP contribution in [0.5, 0.6) is 0 Å². The van der Waals surface area contributed by atoms with Crippen molar-refractivity contribution in [3.63, 3.8) is 0 Å². The molecular weight excluding hydrogens is 356 g/mol. The number of sulfone groups is 1. The Kier molecular flexibility index (Phi) is 3.87. The van der Waals surface area contributed by atoms with Gasteiger partial charge < -0.3 is 9.88 Å². The fourth-order valence-electron chi connectivity index (χ4n) is 3.73. The molecule has 0 unspecified atom stereocenters. The summed E-state index contributed by atoms with van der Waals surface area (Å²) < 4.78 is 59.2. The second-order valence-electron chi connectivity index (χ2n) is 7.22. The predicted octanol–water partition coefficient (Wildman–Crippen LogP) is 3.82. The lowest BCUT2D eigenvalue weighted by Gasteiger charge is -2.18. The lowest BCUT2D eigenvalue weighted by atomic mass is 10.0. The van der Waals surface area contributed by atoms with Crippen LogP contribution in [0.25, 0.3) is 10.9 Å². The van der Waals surface area contributed by atoms with Crippen LogP contribution in [0.15, 0.2) is 59.6 Å². The average molecular weight is 387 g/mol. The van der Waals surface area contributed by atoms with Crippen LogP contribution in [-0.2, 0) is 22.7 Å². The Morgan fingerprint density at radius 2 is 2.11 bits per heavy atom. The summed E-state index contributed by atoms with van der Waals surface area (Å²) in [7, 11) is -1.50. The van der Waals surface area contributed by atoms with Gasteiger partial charge in [-0.15, -0.1) is 0 Å². The van der Waals surface area contributed by atoms with Crippen LogP contribution in [0.3, 0.4) is 0 Å². The van der Waals surface area contributed by atoms with Crippen molar-refractivity contribution in [2.75, 3.05) is 19.3 Å². The number of likely N-dealkylation sites (N-methyl/N-ethyl adjacent to an activating group) is 1. The number of H-pyrrole nitrogens is 1. The first-order valence-corrected chi connectivity index (χ1v) is 11.0. The van der Waals surface area contributed by atoms with Gasteiger partial charge in [0.05, 0.1) is 14.8 Å². The van der Waals surface area contributed by atoms with Crippen LogP contribution in [-0.4, -0.2) is 43.7 Å². The molecule has 5 heteroatoms. The summed E-state index contributed by atoms with van der Waals surface area (Å²) in [6, 6.07) is 8.24. The largest absolute Gasteiger partial charge is 0.361 e. The molecule has 0 amide bonds. The second-order valence-corrected chi connectivity index (χ2v) is 9.33. The van der Waals surface area contributed by atoms with Gasteiger partial charge in [-0.25, -0.2) is 8.42 Å². The van der Waals surface area contributed by atoms with Crippen molar-refractivity contribution in [1.29, 1.82) is 0 Å². The third-order valence-electron chi connectivity index (χ3n) is 5.37. The molecule has 1 aliphatic rings. The third kappa shape index (κ3) is 3.94. The number of aromatic amines is 1. The summed E-state index contributed by atoms with van der Waals surface area (Å²) in [6.07, 6.45) is 4.45. The van der Waals surface area contributed by atoms with Crippen molar-refractivity contribution in [3.8, 4) is 0 Å². The van der Waals surface area contributed by atoms with Crippen LogP contribution in [0.4, 0.5) is 0 Å². The zero-order chi connectivity index (χ0) is 22.3. The molecular formula is C22H26N2O2S. The van der Waals surface area contributed by atoms with E-state index in [2.05, 4.69) is 11.9 Å². The van der Waals surface area contributed by atoms with Gasteiger partial charge in [0.15, 0.2) is 11.2 Å². The number of hydrogen-bond acceptors (Lipinski definition) is 3. The number of hydrogen-bond donors (Lipinski definition) is 1. The molecule has 2 aromatic carbocycles. The summed E-state index contributed by atoms with van der Waals surface area (Å²) in [4.78, 5) is 3.56. The van der Waals surface area contributed by atoms with Gasteiger partial charge in [0, 0.05) is 23.1 Å². The van der Waals surface area contributed by atoms with Crippen molar-refractivity contribution >= 4 is 20.7 Å². The summed E-state index contributed by atoms with van der Waals surface area (Å²) in [6.45, 7) is 1.01. The Hall–Kier alpha value is -2.11. The minimum absolute atomic E-state index is 0.0112. The summed E-state index contributed by atoms with van der Waals surface area (Å²) >= 11 is 0. The van der Waals surface area contributed by atoms with Crippen molar-refractivity contribution in [2.45, 2.75) is 36.6 Å². The summed E-state index contributed by atoms with van der Waals surface area (Å²) in [5, 5.41) is 0.503. The van der Waals surface area contributed by atoms with Crippen molar-refractivity contribution in [2.24, 2.45) is 0 Å². The number of aromatic nitrogens is 1. The third-order valence-corrected chi connectivity index (χ3v) is 7.10. The van der Waals surface area contributed by atoms with E-state index in [-0.39, 0.29) is 46.3 Å². The van der Waals surface area contributed by atoms with Crippen LogP contribution in [0, 0.1) is 0 Å². The number of benzene rings is 2. The molecule has 4 rings (SSSR count). The zero-order valence-corrected chi connectivity index (χ0v) is 16.2. The number of fused-ring (bicyclic) bond motifs is 1. The molecule has 3 aromatic rings. The van der Waals surface area contributed by atoms with E-state index < -0.39 is 9.84 Å². The highest BCUT2D eigenvalue weighted by Gasteiger charge is 2.22. The maximum atomic E-state index is 12.7. The van der Waals surface area contributed by atoms with Gasteiger partial charge in [0.25, 0.3) is 0 Å². The maximum absolute atomic E-state index is 12.7. The minimum Gasteiger partial charge on any atom is -0.361 e. The molecule has 2 heterocycles. The number of likely N-dealkylation sites (tertiary alicyclic amines) is 1. The zero-order valence-electron chi connectivity index (χ0n) is 19.4. The summed E-state index contributed by atoms with van der Waals surface area (Å²) in [5.41, 5.74) is 1.32. The van der Waals surface area contributed by atoms with Gasteiger partial charge in [0.2, 0.25) is 0 Å². The SMILES string of the molecule is [2H]c1c(CCS(=O)(=O)c2ccccc2)c([2H])c2c(C[C@H]3CCCN3C)cn([2H])c2c1[2H]. The first-order valence-electron chi connectivity index (χ1n) is 11.2. The van der Waals surface area contributed by atoms with Crippen molar-refractivity contribution < 1.29 is 13.9 Å². The number of nitrogens with zero attached hydrogens (tertiary/aromatic N) is 1. The van der Waals surface area contributed by atoms with E-state index in [4.69, 9.17) is 5.52 Å². The molecule has 0 saturated carbocycles. The van der Waals surface area contributed by atoms with E-state index >= 15 is 0 Å². The predicted molar refractivity (Wildman–Crippen MR) is 110 cm³/mol. The van der Waals surface area contributed by atoms with Gasteiger partial charge in [-0.1, -0.05) is 24.2 Å². The molecule has 0 aliphatic carbocycles. The Morgan fingerprint density at radius 1 is 1.30 bits per heavy atom. The molecule has 0 radical (unpaired) electrons. The molecule has 1 aliphatic heterocycles. The van der Waals surface area contributed by atoms with Crippen molar-refractivity contribution in [3.05, 3.63) is 65.8 Å². The molecule has 1 N–H and O–H groups in total. The standard InChI is InChI=1S/C22H26N2O2S/c1-24-12-5-6-19(24)15-18-16-23-22-10-9-17(14-21(18)22)11-13-27(25,26)20-7-3-2-4-8-20/h2-4,7-10,14,16,19,23H,5-6,11-13,15H2,1H3/t19-/m1/s1/i9D,10D,14D/hD. The van der Waals surface area contributed by atoms with Crippen LogP contribution in [0.1, 0.15) is 28.1 Å². The van der Waals surface area contributed by atoms with E-state index in [1.165, 1.54) is 12.1 Å². The molecule has 1 aromatic heterocycles. The summed E-state index contributed by atoms with van der Waals surface area (Å²) in [5.74, 6) is -0.234. The lowest BCUT2D eigenvalue weighted by molar-refractivity contribution is 0.310. The Labute approximate surface area is 166 Å². The second kappa shape index (κ2) is 7.49. The topological polar surface area (TPSA) is 53.2 Å². The molecule has 0 bridgehead atoms.